The first-order chi connectivity index (χ1) is 10.8. The summed E-state index contributed by atoms with van der Waals surface area (Å²) in [6.07, 6.45) is 3.42. The summed E-state index contributed by atoms with van der Waals surface area (Å²) in [7, 11) is 0. The number of nitrogens with one attached hydrogen (secondary N) is 1. The number of carbonyl (C=O) groups excluding carboxylic acids is 1. The van der Waals surface area contributed by atoms with Gasteiger partial charge in [-0.2, -0.15) is 0 Å². The van der Waals surface area contributed by atoms with Gasteiger partial charge in [0.15, 0.2) is 0 Å². The van der Waals surface area contributed by atoms with Crippen LogP contribution in [0, 0.1) is 0 Å². The fraction of sp³-hybridized carbons (Fsp3) is 0.0500. The van der Waals surface area contributed by atoms with Gasteiger partial charge in [-0.3, -0.25) is 4.79 Å². The van der Waals surface area contributed by atoms with Crippen LogP contribution in [0.15, 0.2) is 78.9 Å². The summed E-state index contributed by atoms with van der Waals surface area (Å²) < 4.78 is 0. The molecule has 22 heavy (non-hydrogen) atoms. The average Bonchev–Trinajstić information content (AvgIpc) is 2.59. The molecular weight excluding hydrogens is 270 g/mol. The van der Waals surface area contributed by atoms with Crippen molar-refractivity contribution in [3.8, 4) is 0 Å². The Morgan fingerprint density at radius 3 is 2.41 bits per heavy atom. The van der Waals surface area contributed by atoms with E-state index in [1.54, 1.807) is 6.08 Å². The molecule has 3 rings (SSSR count). The van der Waals surface area contributed by atoms with Gasteiger partial charge < -0.3 is 5.32 Å². The van der Waals surface area contributed by atoms with E-state index in [0.29, 0.717) is 6.54 Å². The van der Waals surface area contributed by atoms with Crippen LogP contribution in [0.2, 0.25) is 0 Å². The van der Waals surface area contributed by atoms with E-state index in [2.05, 4.69) is 29.6 Å². The molecule has 0 aliphatic rings. The van der Waals surface area contributed by atoms with Gasteiger partial charge in [0.2, 0.25) is 5.91 Å². The lowest BCUT2D eigenvalue weighted by Crippen LogP contribution is -2.20. The smallest absolute Gasteiger partial charge is 0.244 e. The second-order valence-electron chi connectivity index (χ2n) is 5.14. The summed E-state index contributed by atoms with van der Waals surface area (Å²) in [6.45, 7) is 0.543. The summed E-state index contributed by atoms with van der Waals surface area (Å²) in [4.78, 5) is 11.9. The monoisotopic (exact) mass is 287 g/mol. The predicted molar refractivity (Wildman–Crippen MR) is 91.3 cm³/mol. The summed E-state index contributed by atoms with van der Waals surface area (Å²) in [5.74, 6) is -0.0861. The van der Waals surface area contributed by atoms with Crippen LogP contribution in [0.3, 0.4) is 0 Å². The van der Waals surface area contributed by atoms with Crippen molar-refractivity contribution < 1.29 is 4.79 Å². The summed E-state index contributed by atoms with van der Waals surface area (Å²) in [6, 6.07) is 24.2. The van der Waals surface area contributed by atoms with Gasteiger partial charge in [0, 0.05) is 12.6 Å². The van der Waals surface area contributed by atoms with Gasteiger partial charge >= 0.3 is 0 Å². The first-order valence-electron chi connectivity index (χ1n) is 7.30. The highest BCUT2D eigenvalue weighted by molar-refractivity contribution is 5.92. The summed E-state index contributed by atoms with van der Waals surface area (Å²) in [5, 5.41) is 5.26. The van der Waals surface area contributed by atoms with Crippen LogP contribution < -0.4 is 5.32 Å². The highest BCUT2D eigenvalue weighted by Gasteiger charge is 1.97. The third-order valence-electron chi connectivity index (χ3n) is 3.51. The molecule has 3 aromatic rings. The van der Waals surface area contributed by atoms with Crippen molar-refractivity contribution in [3.63, 3.8) is 0 Å². The van der Waals surface area contributed by atoms with Crippen molar-refractivity contribution in [1.82, 2.24) is 5.32 Å². The molecule has 1 amide bonds. The molecule has 3 aromatic carbocycles. The molecule has 2 nitrogen and oxygen atoms in total. The van der Waals surface area contributed by atoms with Crippen LogP contribution in [0.1, 0.15) is 11.1 Å². The van der Waals surface area contributed by atoms with Crippen LogP contribution in [-0.2, 0) is 11.3 Å². The first-order valence-corrected chi connectivity index (χ1v) is 7.30. The second kappa shape index (κ2) is 6.72. The molecule has 0 bridgehead atoms. The molecule has 0 heterocycles. The minimum absolute atomic E-state index is 0.0861. The molecule has 1 N–H and O–H groups in total. The zero-order valence-corrected chi connectivity index (χ0v) is 12.2. The molecule has 2 heteroatoms. The largest absolute Gasteiger partial charge is 0.348 e. The van der Waals surface area contributed by atoms with Crippen LogP contribution in [0.5, 0.6) is 0 Å². The SMILES string of the molecule is O=C(/C=C/c1ccc2ccccc2c1)NCc1ccccc1. The third-order valence-corrected chi connectivity index (χ3v) is 3.51. The molecule has 0 aliphatic heterocycles. The lowest BCUT2D eigenvalue weighted by molar-refractivity contribution is -0.116. The fourth-order valence-electron chi connectivity index (χ4n) is 2.33. The lowest BCUT2D eigenvalue weighted by atomic mass is 10.1. The van der Waals surface area contributed by atoms with Gasteiger partial charge in [-0.05, 0) is 34.0 Å². The zero-order valence-electron chi connectivity index (χ0n) is 12.2. The van der Waals surface area contributed by atoms with Crippen molar-refractivity contribution >= 4 is 22.8 Å². The van der Waals surface area contributed by atoms with Gasteiger partial charge in [-0.25, -0.2) is 0 Å². The number of rotatable bonds is 4. The van der Waals surface area contributed by atoms with Crippen molar-refractivity contribution in [2.75, 3.05) is 0 Å². The van der Waals surface area contributed by atoms with Gasteiger partial charge in [-0.1, -0.05) is 66.7 Å². The molecule has 0 saturated carbocycles. The Kier molecular flexibility index (Phi) is 4.30. The highest BCUT2D eigenvalue weighted by atomic mass is 16.1. The number of fused-ring (bicyclic) bond motifs is 1. The molecule has 0 fully saturated rings. The van der Waals surface area contributed by atoms with Gasteiger partial charge in [-0.15, -0.1) is 0 Å². The fourth-order valence-corrected chi connectivity index (χ4v) is 2.33. The van der Waals surface area contributed by atoms with Crippen molar-refractivity contribution in [2.24, 2.45) is 0 Å². The highest BCUT2D eigenvalue weighted by Crippen LogP contribution is 2.16. The van der Waals surface area contributed by atoms with Crippen molar-refractivity contribution in [1.29, 1.82) is 0 Å². The van der Waals surface area contributed by atoms with Crippen molar-refractivity contribution in [3.05, 3.63) is 90.0 Å². The molecule has 0 radical (unpaired) electrons. The molecule has 108 valence electrons. The number of benzene rings is 3. The quantitative estimate of drug-likeness (QED) is 0.717. The van der Waals surface area contributed by atoms with E-state index in [1.807, 2.05) is 54.6 Å². The first kappa shape index (κ1) is 14.1. The predicted octanol–water partition coefficient (Wildman–Crippen LogP) is 4.17. The van der Waals surface area contributed by atoms with Gasteiger partial charge in [0.1, 0.15) is 0 Å². The van der Waals surface area contributed by atoms with E-state index in [4.69, 9.17) is 0 Å². The normalized spacial score (nSPS) is 10.9. The van der Waals surface area contributed by atoms with Gasteiger partial charge in [0.05, 0.1) is 0 Å². The average molecular weight is 287 g/mol. The number of hydrogen-bond acceptors (Lipinski definition) is 1. The number of hydrogen-bond donors (Lipinski definition) is 1. The van der Waals surface area contributed by atoms with Crippen LogP contribution in [0.25, 0.3) is 16.8 Å². The summed E-state index contributed by atoms with van der Waals surface area (Å²) >= 11 is 0. The molecule has 0 aromatic heterocycles. The Hall–Kier alpha value is -2.87. The van der Waals surface area contributed by atoms with Crippen molar-refractivity contribution in [2.45, 2.75) is 6.54 Å². The maximum Gasteiger partial charge on any atom is 0.244 e. The Labute approximate surface area is 130 Å². The minimum atomic E-state index is -0.0861. The topological polar surface area (TPSA) is 29.1 Å². The third kappa shape index (κ3) is 3.61. The standard InChI is InChI=1S/C20H17NO/c22-20(21-15-17-6-2-1-3-7-17)13-11-16-10-12-18-8-4-5-9-19(18)14-16/h1-14H,15H2,(H,21,22)/b13-11+. The Morgan fingerprint density at radius 2 is 1.59 bits per heavy atom. The van der Waals surface area contributed by atoms with E-state index in [-0.39, 0.29) is 5.91 Å². The van der Waals surface area contributed by atoms with Crippen LogP contribution >= 0.6 is 0 Å². The Balaban J connectivity index is 1.63. The molecule has 0 saturated heterocycles. The van der Waals surface area contributed by atoms with Gasteiger partial charge in [0.25, 0.3) is 0 Å². The maximum absolute atomic E-state index is 11.9. The molecule has 0 aliphatic carbocycles. The van der Waals surface area contributed by atoms with Crippen LogP contribution in [-0.4, -0.2) is 5.91 Å². The zero-order chi connectivity index (χ0) is 15.2. The Morgan fingerprint density at radius 1 is 0.864 bits per heavy atom. The molecule has 0 atom stereocenters. The molecular formula is C20H17NO. The molecule has 0 spiro atoms. The van der Waals surface area contributed by atoms with Crippen LogP contribution in [0.4, 0.5) is 0 Å². The molecule has 0 unspecified atom stereocenters. The number of amides is 1. The van der Waals surface area contributed by atoms with E-state index in [0.717, 1.165) is 11.1 Å². The van der Waals surface area contributed by atoms with E-state index in [1.165, 1.54) is 10.8 Å². The van der Waals surface area contributed by atoms with E-state index < -0.39 is 0 Å². The maximum atomic E-state index is 11.9. The lowest BCUT2D eigenvalue weighted by Gasteiger charge is -2.02. The van der Waals surface area contributed by atoms with E-state index >= 15 is 0 Å². The number of carbonyl (C=O) groups is 1. The second-order valence-corrected chi connectivity index (χ2v) is 5.14. The summed E-state index contributed by atoms with van der Waals surface area (Å²) in [5.41, 5.74) is 2.11. The van der Waals surface area contributed by atoms with E-state index in [9.17, 15) is 4.79 Å². The Bertz CT molecular complexity index is 806. The minimum Gasteiger partial charge on any atom is -0.348 e.